The third-order valence-corrected chi connectivity index (χ3v) is 5.87. The van der Waals surface area contributed by atoms with Crippen molar-refractivity contribution >= 4 is 11.0 Å². The summed E-state index contributed by atoms with van der Waals surface area (Å²) >= 11 is 0. The number of nitrogens with zero attached hydrogens (tertiary/aromatic N) is 1. The van der Waals surface area contributed by atoms with E-state index in [1.165, 1.54) is 0 Å². The maximum Gasteiger partial charge on any atom is 0.235 e. The van der Waals surface area contributed by atoms with Crippen LogP contribution >= 0.6 is 0 Å². The summed E-state index contributed by atoms with van der Waals surface area (Å²) in [4.78, 5) is 15.5. The molecule has 174 valence electrons. The number of fused-ring (bicyclic) bond motifs is 3. The quantitative estimate of drug-likeness (QED) is 0.389. The van der Waals surface area contributed by atoms with E-state index >= 15 is 0 Å². The average Bonchev–Trinajstić information content (AvgIpc) is 2.87. The molecule has 2 heterocycles. The van der Waals surface area contributed by atoms with Gasteiger partial charge in [-0.05, 0) is 48.9 Å². The zero-order valence-corrected chi connectivity index (χ0v) is 19.3. The number of hydrogen-bond acceptors (Lipinski definition) is 7. The lowest BCUT2D eigenvalue weighted by molar-refractivity contribution is 0.0889. The summed E-state index contributed by atoms with van der Waals surface area (Å²) in [6, 6.07) is 18.7. The molecule has 0 saturated carbocycles. The smallest absolute Gasteiger partial charge is 0.235 e. The van der Waals surface area contributed by atoms with Crippen LogP contribution in [-0.2, 0) is 13.1 Å². The van der Waals surface area contributed by atoms with E-state index in [0.29, 0.717) is 48.0 Å². The van der Waals surface area contributed by atoms with Gasteiger partial charge >= 0.3 is 0 Å². The molecule has 0 saturated heterocycles. The predicted octanol–water partition coefficient (Wildman–Crippen LogP) is 5.26. The maximum absolute atomic E-state index is 13.4. The monoisotopic (exact) mass is 459 g/mol. The standard InChI is InChI=1S/C27H25NO6/c1-17-26(34-24-7-5-4-6-23(24)31-3)25(29)20-12-13-22-21(27(20)33-17)15-28(16-32-22)14-18-8-10-19(30-2)11-9-18/h4-13H,14-16H2,1-3H3. The summed E-state index contributed by atoms with van der Waals surface area (Å²) in [6.07, 6.45) is 0. The number of ether oxygens (including phenoxy) is 4. The maximum atomic E-state index is 13.4. The van der Waals surface area contributed by atoms with E-state index in [4.69, 9.17) is 23.4 Å². The Bertz CT molecular complexity index is 1390. The van der Waals surface area contributed by atoms with Crippen LogP contribution in [0.25, 0.3) is 11.0 Å². The number of benzene rings is 3. The van der Waals surface area contributed by atoms with E-state index < -0.39 is 0 Å². The molecule has 0 radical (unpaired) electrons. The molecule has 34 heavy (non-hydrogen) atoms. The molecule has 5 rings (SSSR count). The minimum Gasteiger partial charge on any atom is -0.497 e. The fourth-order valence-electron chi connectivity index (χ4n) is 4.12. The molecule has 0 atom stereocenters. The molecular weight excluding hydrogens is 434 g/mol. The Morgan fingerprint density at radius 2 is 1.71 bits per heavy atom. The van der Waals surface area contributed by atoms with Crippen LogP contribution in [0, 0.1) is 6.92 Å². The van der Waals surface area contributed by atoms with Gasteiger partial charge in [-0.15, -0.1) is 0 Å². The molecular formula is C27H25NO6. The van der Waals surface area contributed by atoms with Crippen LogP contribution in [0.4, 0.5) is 0 Å². The van der Waals surface area contributed by atoms with Gasteiger partial charge in [0.1, 0.15) is 29.6 Å². The van der Waals surface area contributed by atoms with Crippen molar-refractivity contribution in [3.05, 3.63) is 87.8 Å². The van der Waals surface area contributed by atoms with Gasteiger partial charge in [0.25, 0.3) is 0 Å². The summed E-state index contributed by atoms with van der Waals surface area (Å²) in [5.41, 5.74) is 2.27. The summed E-state index contributed by atoms with van der Waals surface area (Å²) in [5.74, 6) is 3.06. The fourth-order valence-corrected chi connectivity index (χ4v) is 4.12. The zero-order valence-electron chi connectivity index (χ0n) is 19.3. The molecule has 0 N–H and O–H groups in total. The minimum atomic E-state index is -0.236. The molecule has 7 heteroatoms. The Morgan fingerprint density at radius 3 is 2.44 bits per heavy atom. The number of hydrogen-bond donors (Lipinski definition) is 0. The average molecular weight is 459 g/mol. The molecule has 4 aromatic rings. The topological polar surface area (TPSA) is 70.4 Å². The molecule has 1 aliphatic rings. The van der Waals surface area contributed by atoms with E-state index in [0.717, 1.165) is 22.6 Å². The van der Waals surface area contributed by atoms with Crippen LogP contribution in [0.15, 0.2) is 69.9 Å². The van der Waals surface area contributed by atoms with Crippen LogP contribution in [-0.4, -0.2) is 25.9 Å². The highest BCUT2D eigenvalue weighted by molar-refractivity contribution is 5.83. The number of methoxy groups -OCH3 is 2. The second kappa shape index (κ2) is 9.11. The van der Waals surface area contributed by atoms with Crippen molar-refractivity contribution in [2.75, 3.05) is 21.0 Å². The first-order valence-corrected chi connectivity index (χ1v) is 11.0. The van der Waals surface area contributed by atoms with E-state index in [2.05, 4.69) is 4.90 Å². The zero-order chi connectivity index (χ0) is 23.7. The largest absolute Gasteiger partial charge is 0.497 e. The number of aryl methyl sites for hydroxylation is 1. The number of rotatable bonds is 6. The summed E-state index contributed by atoms with van der Waals surface area (Å²) in [6.45, 7) is 3.46. The van der Waals surface area contributed by atoms with Crippen LogP contribution in [0.3, 0.4) is 0 Å². The Labute approximate surface area is 197 Å². The summed E-state index contributed by atoms with van der Waals surface area (Å²) in [5, 5.41) is 0.448. The third kappa shape index (κ3) is 4.06. The Balaban J connectivity index is 1.48. The van der Waals surface area contributed by atoms with Crippen LogP contribution in [0.5, 0.6) is 28.7 Å². The van der Waals surface area contributed by atoms with Gasteiger partial charge in [0, 0.05) is 13.1 Å². The first-order chi connectivity index (χ1) is 16.6. The molecule has 0 amide bonds. The summed E-state index contributed by atoms with van der Waals surface area (Å²) < 4.78 is 28.7. The molecule has 1 aliphatic heterocycles. The van der Waals surface area contributed by atoms with Crippen molar-refractivity contribution in [2.45, 2.75) is 20.0 Å². The third-order valence-electron chi connectivity index (χ3n) is 5.87. The van der Waals surface area contributed by atoms with Crippen molar-refractivity contribution < 1.29 is 23.4 Å². The molecule has 3 aromatic carbocycles. The molecule has 0 aliphatic carbocycles. The Hall–Kier alpha value is -3.97. The highest BCUT2D eigenvalue weighted by atomic mass is 16.5. The normalized spacial score (nSPS) is 13.3. The first-order valence-electron chi connectivity index (χ1n) is 11.0. The predicted molar refractivity (Wildman–Crippen MR) is 128 cm³/mol. The van der Waals surface area contributed by atoms with Gasteiger partial charge in [0.05, 0.1) is 25.2 Å². The van der Waals surface area contributed by atoms with Crippen molar-refractivity contribution in [3.8, 4) is 28.7 Å². The highest BCUT2D eigenvalue weighted by Crippen LogP contribution is 2.36. The minimum absolute atomic E-state index is 0.142. The summed E-state index contributed by atoms with van der Waals surface area (Å²) in [7, 11) is 3.21. The Kier molecular flexibility index (Phi) is 5.86. The second-order valence-electron chi connectivity index (χ2n) is 8.10. The fraction of sp³-hybridized carbons (Fsp3) is 0.222. The van der Waals surface area contributed by atoms with Crippen LogP contribution in [0.2, 0.25) is 0 Å². The number of para-hydroxylation sites is 2. The SMILES string of the molecule is COc1ccc(CN2COc3ccc4c(=O)c(Oc5ccccc5OC)c(C)oc4c3C2)cc1. The second-order valence-corrected chi connectivity index (χ2v) is 8.10. The van der Waals surface area contributed by atoms with Crippen molar-refractivity contribution in [1.29, 1.82) is 0 Å². The molecule has 0 fully saturated rings. The van der Waals surface area contributed by atoms with E-state index in [-0.39, 0.29) is 11.2 Å². The van der Waals surface area contributed by atoms with Gasteiger partial charge in [0.2, 0.25) is 11.2 Å². The lowest BCUT2D eigenvalue weighted by Gasteiger charge is -2.29. The van der Waals surface area contributed by atoms with Gasteiger partial charge < -0.3 is 23.4 Å². The Morgan fingerprint density at radius 1 is 0.941 bits per heavy atom. The van der Waals surface area contributed by atoms with E-state index in [1.807, 2.05) is 42.5 Å². The van der Waals surface area contributed by atoms with Crippen molar-refractivity contribution in [2.24, 2.45) is 0 Å². The highest BCUT2D eigenvalue weighted by Gasteiger charge is 2.24. The van der Waals surface area contributed by atoms with Gasteiger partial charge in [-0.3, -0.25) is 9.69 Å². The molecule has 0 spiro atoms. The molecule has 0 unspecified atom stereocenters. The van der Waals surface area contributed by atoms with Crippen LogP contribution < -0.4 is 24.4 Å². The van der Waals surface area contributed by atoms with Crippen molar-refractivity contribution in [1.82, 2.24) is 4.90 Å². The first kappa shape index (κ1) is 21.9. The lowest BCUT2D eigenvalue weighted by Crippen LogP contribution is -2.31. The van der Waals surface area contributed by atoms with Gasteiger partial charge in [0.15, 0.2) is 11.5 Å². The van der Waals surface area contributed by atoms with E-state index in [1.54, 1.807) is 39.3 Å². The van der Waals surface area contributed by atoms with Crippen LogP contribution in [0.1, 0.15) is 16.9 Å². The van der Waals surface area contributed by atoms with Crippen molar-refractivity contribution in [3.63, 3.8) is 0 Å². The molecule has 0 bridgehead atoms. The van der Waals surface area contributed by atoms with Gasteiger partial charge in [-0.25, -0.2) is 0 Å². The lowest BCUT2D eigenvalue weighted by atomic mass is 10.1. The van der Waals surface area contributed by atoms with Gasteiger partial charge in [-0.2, -0.15) is 0 Å². The van der Waals surface area contributed by atoms with Gasteiger partial charge in [-0.1, -0.05) is 24.3 Å². The molecule has 7 nitrogen and oxygen atoms in total. The molecule has 1 aromatic heterocycles. The van der Waals surface area contributed by atoms with E-state index in [9.17, 15) is 4.79 Å².